The Labute approximate surface area is 405 Å². The van der Waals surface area contributed by atoms with Crippen molar-refractivity contribution in [3.8, 4) is 22.3 Å². The Balaban J connectivity index is 0.000000187. The summed E-state index contributed by atoms with van der Waals surface area (Å²) in [5.74, 6) is 10.3. The second kappa shape index (κ2) is 20.5. The number of hydrogen-bond acceptors (Lipinski definition) is 0. The number of rotatable bonds is 6. The van der Waals surface area contributed by atoms with E-state index in [-0.39, 0.29) is 39.7 Å². The van der Waals surface area contributed by atoms with E-state index in [1.54, 1.807) is 24.0 Å². The minimum atomic E-state index is 0. The van der Waals surface area contributed by atoms with E-state index in [0.29, 0.717) is 0 Å². The van der Waals surface area contributed by atoms with E-state index in [0.717, 1.165) is 59.2 Å². The molecule has 0 saturated heterocycles. The summed E-state index contributed by atoms with van der Waals surface area (Å²) in [4.78, 5) is 0. The Bertz CT molecular complexity index is 2180. The maximum absolute atomic E-state index is 3.06. The van der Waals surface area contributed by atoms with Crippen LogP contribution in [0.4, 0.5) is 0 Å². The molecule has 328 valence electrons. The van der Waals surface area contributed by atoms with Crippen molar-refractivity contribution in [1.29, 1.82) is 0 Å². The normalized spacial score (nSPS) is 28.0. The molecular formula is C58H70Cl2SiZr-4. The van der Waals surface area contributed by atoms with Crippen molar-refractivity contribution in [2.75, 3.05) is 0 Å². The van der Waals surface area contributed by atoms with Crippen LogP contribution in [0.3, 0.4) is 0 Å². The minimum absolute atomic E-state index is 0. The van der Waals surface area contributed by atoms with Gasteiger partial charge in [0.15, 0.2) is 0 Å². The molecule has 0 heterocycles. The quantitative estimate of drug-likeness (QED) is 0.115. The van der Waals surface area contributed by atoms with E-state index in [4.69, 9.17) is 0 Å². The Morgan fingerprint density at radius 2 is 0.758 bits per heavy atom. The predicted octanol–water partition coefficient (Wildman–Crippen LogP) is 16.3. The van der Waals surface area contributed by atoms with Crippen molar-refractivity contribution in [2.24, 2.45) is 59.2 Å². The van der Waals surface area contributed by atoms with E-state index in [2.05, 4.69) is 132 Å². The van der Waals surface area contributed by atoms with Crippen LogP contribution in [0.2, 0.25) is 0 Å². The van der Waals surface area contributed by atoms with Gasteiger partial charge in [-0.2, -0.15) is 12.1 Å². The van der Waals surface area contributed by atoms with Crippen LogP contribution in [0.15, 0.2) is 97.1 Å². The number of benzene rings is 4. The molecule has 8 saturated carbocycles. The second-order valence-electron chi connectivity index (χ2n) is 20.7. The average molecular weight is 957 g/mol. The monoisotopic (exact) mass is 954 g/mol. The molecule has 0 nitrogen and oxygen atoms in total. The Morgan fingerprint density at radius 3 is 1.06 bits per heavy atom. The standard InChI is InChI=1S/2C28H31.2CH3.2ClH.Si.Zr/c2*1-17-6-18(2)8-23(7-17)26-5-3-4-22-10-21(16-28(22)26)15-27-24-11-19-9-20(13-24)14-25(27)12-19;;;;;;/h2*3-8,10,16,19-20,24-25,27H,9,11-15H2,1-2H3;2*1H3;2*1H;;/q4*-1;;;;. The van der Waals surface area contributed by atoms with Gasteiger partial charge in [0.25, 0.3) is 0 Å². The molecule has 0 N–H and O–H groups in total. The summed E-state index contributed by atoms with van der Waals surface area (Å²) in [5.41, 5.74) is 14.1. The topological polar surface area (TPSA) is 0 Å². The van der Waals surface area contributed by atoms with Gasteiger partial charge in [0.2, 0.25) is 0 Å². The zero-order valence-electron chi connectivity index (χ0n) is 38.3. The second-order valence-corrected chi connectivity index (χ2v) is 20.7. The Morgan fingerprint density at radius 1 is 0.452 bits per heavy atom. The van der Waals surface area contributed by atoms with Gasteiger partial charge in [0.1, 0.15) is 0 Å². The third-order valence-corrected chi connectivity index (χ3v) is 16.5. The average Bonchev–Trinajstić information content (AvgIpc) is 3.81. The van der Waals surface area contributed by atoms with Crippen molar-refractivity contribution in [2.45, 2.75) is 105 Å². The first kappa shape index (κ1) is 49.2. The first-order valence-corrected chi connectivity index (χ1v) is 27.2. The van der Waals surface area contributed by atoms with Gasteiger partial charge in [0, 0.05) is 0 Å². The van der Waals surface area contributed by atoms with Crippen LogP contribution >= 0.6 is 24.8 Å². The van der Waals surface area contributed by atoms with Crippen molar-refractivity contribution in [3.05, 3.63) is 145 Å². The molecule has 8 aliphatic rings. The van der Waals surface area contributed by atoms with Gasteiger partial charge in [-0.25, -0.2) is 0 Å². The summed E-state index contributed by atoms with van der Waals surface area (Å²) in [7, 11) is 0. The van der Waals surface area contributed by atoms with Crippen LogP contribution in [-0.4, -0.2) is 6.88 Å². The van der Waals surface area contributed by atoms with Gasteiger partial charge >= 0.3 is 30.2 Å². The van der Waals surface area contributed by atoms with Crippen LogP contribution in [0, 0.1) is 102 Å². The van der Waals surface area contributed by atoms with Crippen molar-refractivity contribution >= 4 is 53.2 Å². The van der Waals surface area contributed by atoms with E-state index in [1.165, 1.54) is 154 Å². The first-order chi connectivity index (χ1) is 28.2. The van der Waals surface area contributed by atoms with Crippen LogP contribution in [0.5, 0.6) is 0 Å². The molecule has 62 heavy (non-hydrogen) atoms. The number of fused-ring (bicyclic) bond motifs is 2. The van der Waals surface area contributed by atoms with Crippen molar-refractivity contribution in [3.63, 3.8) is 0 Å². The summed E-state index contributed by atoms with van der Waals surface area (Å²) in [5, 5.41) is 5.75. The zero-order chi connectivity index (χ0) is 39.7. The summed E-state index contributed by atoms with van der Waals surface area (Å²) in [6, 6.07) is 37.6. The van der Waals surface area contributed by atoms with Crippen LogP contribution in [0.25, 0.3) is 43.8 Å². The van der Waals surface area contributed by atoms with Crippen molar-refractivity contribution < 1.29 is 23.3 Å². The Kier molecular flexibility index (Phi) is 16.3. The van der Waals surface area contributed by atoms with Gasteiger partial charge in [-0.05, 0) is 175 Å². The maximum atomic E-state index is 3.06. The zero-order valence-corrected chi connectivity index (χ0v) is 43.4. The fourth-order valence-electron chi connectivity index (χ4n) is 14.9. The molecule has 6 aromatic carbocycles. The third kappa shape index (κ3) is 9.81. The molecule has 8 bridgehead atoms. The van der Waals surface area contributed by atoms with Gasteiger partial charge in [0.05, 0.1) is 0 Å². The molecule has 6 aromatic rings. The molecule has 0 atom stereocenters. The number of hydrogen-bond donors (Lipinski definition) is 0. The molecule has 0 aliphatic heterocycles. The molecular weight excluding hydrogens is 887 g/mol. The molecule has 4 heteroatoms. The van der Waals surface area contributed by atoms with Crippen molar-refractivity contribution in [1.82, 2.24) is 0 Å². The van der Waals surface area contributed by atoms with E-state index < -0.39 is 0 Å². The van der Waals surface area contributed by atoms with Crippen LogP contribution in [-0.2, 0) is 36.2 Å². The fraction of sp³-hybridized carbons (Fsp3) is 0.448. The Hall–Kier alpha value is -2.22. The molecule has 8 fully saturated rings. The van der Waals surface area contributed by atoms with E-state index in [9.17, 15) is 0 Å². The fourth-order valence-corrected chi connectivity index (χ4v) is 14.9. The van der Waals surface area contributed by atoms with Gasteiger partial charge in [-0.3, -0.25) is 0 Å². The van der Waals surface area contributed by atoms with E-state index in [1.807, 2.05) is 0 Å². The molecule has 2 radical (unpaired) electrons. The number of halogens is 2. The predicted molar refractivity (Wildman–Crippen MR) is 270 cm³/mol. The van der Waals surface area contributed by atoms with Crippen LogP contribution in [0.1, 0.15) is 97.6 Å². The molecule has 0 spiro atoms. The summed E-state index contributed by atoms with van der Waals surface area (Å²) >= 11 is 1.36. The first-order valence-electron chi connectivity index (χ1n) is 23.0. The van der Waals surface area contributed by atoms with Gasteiger partial charge in [-0.15, -0.1) is 93.9 Å². The molecule has 0 aromatic heterocycles. The molecule has 8 aliphatic carbocycles. The number of aryl methyl sites for hydroxylation is 4. The summed E-state index contributed by atoms with van der Waals surface area (Å²) < 4.78 is 0. The molecule has 14 rings (SSSR count). The van der Waals surface area contributed by atoms with Crippen LogP contribution < -0.4 is 0 Å². The van der Waals surface area contributed by atoms with E-state index >= 15 is 0 Å². The third-order valence-electron chi connectivity index (χ3n) is 16.5. The molecule has 0 amide bonds. The van der Waals surface area contributed by atoms with Gasteiger partial charge in [-0.1, -0.05) is 81.9 Å². The summed E-state index contributed by atoms with van der Waals surface area (Å²) in [6.07, 6.45) is 18.0. The van der Waals surface area contributed by atoms with Gasteiger partial charge < -0.3 is 14.9 Å². The summed E-state index contributed by atoms with van der Waals surface area (Å²) in [6.45, 7) is 11.9. The SMILES string of the molecule is Cc1cc(C)cc(-c2cccc3[cH-]c(CC4C5CC6CC(C5)CC4C6)cc23)c1.Cc1cc(C)cc(-c2cccc3[cH-]c(CC4C5CC6CC(C5)CC4C6)cc23)c1.Cl.Cl.[CH3-].[CH3-].[Si]=[Zr]. The molecule has 0 unspecified atom stereocenters.